The number of hydrogen-bond acceptors (Lipinski definition) is 10. The maximum atomic E-state index is 12.7. The maximum absolute atomic E-state index is 12.7. The minimum absolute atomic E-state index is 0.178. The van der Waals surface area contributed by atoms with Crippen LogP contribution in [0.5, 0.6) is 17.2 Å². The van der Waals surface area contributed by atoms with Crippen LogP contribution in [0, 0.1) is 0 Å². The lowest BCUT2D eigenvalue weighted by Crippen LogP contribution is -2.32. The van der Waals surface area contributed by atoms with Crippen molar-refractivity contribution in [2.24, 2.45) is 5.10 Å². The van der Waals surface area contributed by atoms with E-state index in [9.17, 15) is 19.2 Å². The second-order valence-corrected chi connectivity index (χ2v) is 10.3. The summed E-state index contributed by atoms with van der Waals surface area (Å²) >= 11 is 1.30. The van der Waals surface area contributed by atoms with E-state index in [-0.39, 0.29) is 18.1 Å². The number of benzene rings is 2. The fourth-order valence-corrected chi connectivity index (χ4v) is 5.66. The van der Waals surface area contributed by atoms with Gasteiger partial charge in [-0.1, -0.05) is 12.5 Å². The van der Waals surface area contributed by atoms with E-state index in [2.05, 4.69) is 15.8 Å². The first-order valence-electron chi connectivity index (χ1n) is 13.3. The first-order chi connectivity index (χ1) is 20.3. The lowest BCUT2D eigenvalue weighted by Gasteiger charge is -2.10. The molecule has 1 heterocycles. The van der Waals surface area contributed by atoms with Gasteiger partial charge in [-0.25, -0.2) is 15.0 Å². The largest absolute Gasteiger partial charge is 0.497 e. The Morgan fingerprint density at radius 1 is 0.929 bits per heavy atom. The molecule has 0 saturated heterocycles. The number of rotatable bonds is 9. The van der Waals surface area contributed by atoms with Crippen molar-refractivity contribution >= 4 is 46.3 Å². The number of fused-ring (bicyclic) bond motifs is 1. The van der Waals surface area contributed by atoms with Crippen molar-refractivity contribution in [1.29, 1.82) is 0 Å². The first-order valence-corrected chi connectivity index (χ1v) is 14.2. The molecular weight excluding hydrogens is 562 g/mol. The Balaban J connectivity index is 1.40. The fraction of sp³-hybridized carbons (Fsp3) is 0.300. The monoisotopic (exact) mass is 593 g/mol. The molecule has 0 unspecified atom stereocenters. The zero-order valence-corrected chi connectivity index (χ0v) is 24.3. The number of ether oxygens (including phenoxy) is 4. The molecule has 2 aromatic carbocycles. The number of anilines is 1. The van der Waals surface area contributed by atoms with Crippen molar-refractivity contribution < 1.29 is 38.1 Å². The minimum atomic E-state index is -1.01. The number of aryl methyl sites for hydroxylation is 1. The Bertz CT molecular complexity index is 1510. The third-order valence-electron chi connectivity index (χ3n) is 6.41. The molecule has 1 aromatic heterocycles. The van der Waals surface area contributed by atoms with E-state index in [0.29, 0.717) is 27.4 Å². The lowest BCUT2D eigenvalue weighted by atomic mass is 10.1. The molecule has 220 valence electrons. The zero-order chi connectivity index (χ0) is 30.1. The van der Waals surface area contributed by atoms with Crippen LogP contribution < -0.4 is 25.0 Å². The Labute approximate surface area is 246 Å². The van der Waals surface area contributed by atoms with Crippen LogP contribution in [-0.4, -0.2) is 50.8 Å². The van der Waals surface area contributed by atoms with Gasteiger partial charge in [0.2, 0.25) is 0 Å². The van der Waals surface area contributed by atoms with Gasteiger partial charge in [0.15, 0.2) is 11.5 Å². The van der Waals surface area contributed by atoms with Crippen molar-refractivity contribution in [3.8, 4) is 17.2 Å². The summed E-state index contributed by atoms with van der Waals surface area (Å²) in [4.78, 5) is 51.4. The van der Waals surface area contributed by atoms with Gasteiger partial charge in [0.1, 0.15) is 10.8 Å². The number of amides is 2. The number of hydrogen-bond donors (Lipinski definition) is 2. The van der Waals surface area contributed by atoms with Crippen LogP contribution >= 0.6 is 11.3 Å². The molecule has 3 aromatic rings. The second kappa shape index (κ2) is 14.3. The van der Waals surface area contributed by atoms with Gasteiger partial charge in [-0.2, -0.15) is 5.10 Å². The molecule has 0 aliphatic heterocycles. The Kier molecular flexibility index (Phi) is 10.3. The SMILES string of the molecule is CCOC(=O)c1c(NC(=O)C(=O)NN=Cc2ccc(OC(=O)c3cccc(OC)c3)c(OC)c2)sc2c1CCCCC2. The van der Waals surface area contributed by atoms with E-state index < -0.39 is 23.8 Å². The molecule has 11 nitrogen and oxygen atoms in total. The average Bonchev–Trinajstić information content (AvgIpc) is 3.17. The van der Waals surface area contributed by atoms with Crippen LogP contribution in [0.15, 0.2) is 47.6 Å². The molecular formula is C30H31N3O8S. The van der Waals surface area contributed by atoms with Crippen LogP contribution in [0.1, 0.15) is 62.9 Å². The van der Waals surface area contributed by atoms with Crippen LogP contribution in [0.4, 0.5) is 5.00 Å². The summed E-state index contributed by atoms with van der Waals surface area (Å²) in [5.41, 5.74) is 4.19. The van der Waals surface area contributed by atoms with Crippen LogP contribution in [0.25, 0.3) is 0 Å². The molecule has 12 heteroatoms. The van der Waals surface area contributed by atoms with E-state index in [1.165, 1.54) is 37.8 Å². The summed E-state index contributed by atoms with van der Waals surface area (Å²) in [6, 6.07) is 11.2. The predicted octanol–water partition coefficient (Wildman–Crippen LogP) is 4.52. The Morgan fingerprint density at radius 2 is 1.74 bits per heavy atom. The summed E-state index contributed by atoms with van der Waals surface area (Å²) in [7, 11) is 2.92. The van der Waals surface area contributed by atoms with Gasteiger partial charge in [-0.15, -0.1) is 11.3 Å². The third kappa shape index (κ3) is 7.32. The standard InChI is InChI=1S/C30H31N3O8S/c1-4-40-30(37)25-21-11-6-5-7-12-24(21)42-28(25)32-26(34)27(35)33-31-17-18-13-14-22(23(15-18)39-3)41-29(36)19-9-8-10-20(16-19)38-2/h8-10,13-17H,4-7,11-12H2,1-3H3,(H,32,34)(H,33,35). The van der Waals surface area contributed by atoms with Gasteiger partial charge >= 0.3 is 23.8 Å². The number of esters is 2. The highest BCUT2D eigenvalue weighted by Crippen LogP contribution is 2.38. The molecule has 0 radical (unpaired) electrons. The van der Waals surface area contributed by atoms with E-state index in [1.807, 2.05) is 0 Å². The highest BCUT2D eigenvalue weighted by Gasteiger charge is 2.28. The van der Waals surface area contributed by atoms with Crippen molar-refractivity contribution in [2.45, 2.75) is 39.0 Å². The molecule has 42 heavy (non-hydrogen) atoms. The van der Waals surface area contributed by atoms with Crippen LogP contribution in [0.2, 0.25) is 0 Å². The predicted molar refractivity (Wildman–Crippen MR) is 157 cm³/mol. The highest BCUT2D eigenvalue weighted by atomic mass is 32.1. The summed E-state index contributed by atoms with van der Waals surface area (Å²) in [5, 5.41) is 6.71. The molecule has 1 aliphatic rings. The number of carbonyl (C=O) groups excluding carboxylic acids is 4. The molecule has 2 amide bonds. The Hall–Kier alpha value is -4.71. The van der Waals surface area contributed by atoms with Gasteiger partial charge < -0.3 is 24.3 Å². The van der Waals surface area contributed by atoms with Crippen molar-refractivity contribution in [3.05, 3.63) is 69.6 Å². The average molecular weight is 594 g/mol. The van der Waals surface area contributed by atoms with E-state index in [0.717, 1.165) is 42.5 Å². The van der Waals surface area contributed by atoms with E-state index in [1.54, 1.807) is 43.3 Å². The van der Waals surface area contributed by atoms with Gasteiger partial charge in [-0.3, -0.25) is 9.59 Å². The molecule has 0 saturated carbocycles. The fourth-order valence-electron chi connectivity index (χ4n) is 4.38. The van der Waals surface area contributed by atoms with E-state index in [4.69, 9.17) is 18.9 Å². The van der Waals surface area contributed by atoms with Crippen LogP contribution in [-0.2, 0) is 27.2 Å². The number of thiophene rings is 1. The summed E-state index contributed by atoms with van der Waals surface area (Å²) < 4.78 is 21.2. The third-order valence-corrected chi connectivity index (χ3v) is 7.62. The van der Waals surface area contributed by atoms with E-state index >= 15 is 0 Å². The molecule has 2 N–H and O–H groups in total. The zero-order valence-electron chi connectivity index (χ0n) is 23.5. The maximum Gasteiger partial charge on any atom is 0.343 e. The Morgan fingerprint density at radius 3 is 2.50 bits per heavy atom. The van der Waals surface area contributed by atoms with Gasteiger partial charge in [0.05, 0.1) is 38.2 Å². The highest BCUT2D eigenvalue weighted by molar-refractivity contribution is 7.17. The van der Waals surface area contributed by atoms with Crippen molar-refractivity contribution in [3.63, 3.8) is 0 Å². The molecule has 0 fully saturated rings. The minimum Gasteiger partial charge on any atom is -0.497 e. The number of nitrogens with zero attached hydrogens (tertiary/aromatic N) is 1. The normalized spacial score (nSPS) is 12.5. The second-order valence-electron chi connectivity index (χ2n) is 9.17. The molecule has 4 rings (SSSR count). The van der Waals surface area contributed by atoms with Crippen molar-refractivity contribution in [1.82, 2.24) is 5.43 Å². The first kappa shape index (κ1) is 30.3. The smallest absolute Gasteiger partial charge is 0.343 e. The molecule has 0 bridgehead atoms. The van der Waals surface area contributed by atoms with Gasteiger partial charge in [0.25, 0.3) is 0 Å². The molecule has 0 spiro atoms. The van der Waals surface area contributed by atoms with Gasteiger partial charge in [0, 0.05) is 4.88 Å². The summed E-state index contributed by atoms with van der Waals surface area (Å²) in [6.45, 7) is 1.91. The number of nitrogens with one attached hydrogen (secondary N) is 2. The molecule has 1 aliphatic carbocycles. The topological polar surface area (TPSA) is 142 Å². The quantitative estimate of drug-likeness (QED) is 0.0921. The van der Waals surface area contributed by atoms with Crippen molar-refractivity contribution in [2.75, 3.05) is 26.1 Å². The van der Waals surface area contributed by atoms with Gasteiger partial charge in [-0.05, 0) is 80.1 Å². The molecule has 0 atom stereocenters. The number of hydrazone groups is 1. The summed E-state index contributed by atoms with van der Waals surface area (Å²) in [5.74, 6) is -2.15. The number of methoxy groups -OCH3 is 2. The van der Waals surface area contributed by atoms with Crippen LogP contribution in [0.3, 0.4) is 0 Å². The number of carbonyl (C=O) groups is 4. The summed E-state index contributed by atoms with van der Waals surface area (Å²) in [6.07, 6.45) is 5.83. The lowest BCUT2D eigenvalue weighted by molar-refractivity contribution is -0.136.